The van der Waals surface area contributed by atoms with E-state index in [1.165, 1.54) is 25.7 Å². The lowest BCUT2D eigenvalue weighted by molar-refractivity contribution is -0.132. The molecule has 4 amide bonds. The number of carbonyl (C=O) groups excluding carboxylic acids is 4. The molecule has 10 heteroatoms. The molecule has 1 saturated carbocycles. The third-order valence-corrected chi connectivity index (χ3v) is 9.60. The fourth-order valence-electron chi connectivity index (χ4n) is 7.25. The molecule has 3 aromatic rings. The second-order valence-corrected chi connectivity index (χ2v) is 14.6. The van der Waals surface area contributed by atoms with Crippen LogP contribution in [0.2, 0.25) is 0 Å². The van der Waals surface area contributed by atoms with E-state index in [0.29, 0.717) is 36.7 Å². The topological polar surface area (TPSA) is 147 Å². The number of aromatic nitrogens is 1. The quantitative estimate of drug-likeness (QED) is 0.231. The third kappa shape index (κ3) is 9.62. The Morgan fingerprint density at radius 2 is 1.62 bits per heavy atom. The van der Waals surface area contributed by atoms with Crippen LogP contribution in [0.15, 0.2) is 66.7 Å². The molecule has 1 aliphatic heterocycles. The predicted molar refractivity (Wildman–Crippen MR) is 187 cm³/mol. The van der Waals surface area contributed by atoms with Crippen molar-refractivity contribution in [1.29, 1.82) is 0 Å². The number of piperidine rings is 1. The summed E-state index contributed by atoms with van der Waals surface area (Å²) in [5.41, 5.74) is 7.04. The highest BCUT2D eigenvalue weighted by Crippen LogP contribution is 2.39. The highest BCUT2D eigenvalue weighted by Gasteiger charge is 2.40. The van der Waals surface area contributed by atoms with Crippen LogP contribution < -0.4 is 21.7 Å². The van der Waals surface area contributed by atoms with Gasteiger partial charge in [0.2, 0.25) is 17.7 Å². The number of para-hydroxylation sites is 1. The minimum Gasteiger partial charge on any atom is -0.370 e. The van der Waals surface area contributed by atoms with Gasteiger partial charge in [0.15, 0.2) is 0 Å². The maximum atomic E-state index is 13.8. The van der Waals surface area contributed by atoms with Crippen molar-refractivity contribution in [2.75, 3.05) is 13.1 Å². The first-order valence-corrected chi connectivity index (χ1v) is 17.3. The molecule has 1 aromatic heterocycles. The molecular weight excluding hydrogens is 604 g/mol. The molecule has 1 aliphatic carbocycles. The molecule has 5 N–H and O–H groups in total. The minimum absolute atomic E-state index is 0.0571. The molecule has 0 spiro atoms. The van der Waals surface area contributed by atoms with Gasteiger partial charge in [-0.2, -0.15) is 0 Å². The van der Waals surface area contributed by atoms with Crippen LogP contribution in [0.25, 0.3) is 10.9 Å². The van der Waals surface area contributed by atoms with Gasteiger partial charge in [-0.25, -0.2) is 4.98 Å². The van der Waals surface area contributed by atoms with Crippen LogP contribution in [0.5, 0.6) is 0 Å². The van der Waals surface area contributed by atoms with Crippen molar-refractivity contribution in [3.8, 4) is 0 Å². The predicted octanol–water partition coefficient (Wildman–Crippen LogP) is 4.12. The number of amides is 4. The van der Waals surface area contributed by atoms with Crippen LogP contribution >= 0.6 is 0 Å². The summed E-state index contributed by atoms with van der Waals surface area (Å²) in [6, 6.07) is 19.0. The van der Waals surface area contributed by atoms with Crippen LogP contribution in [0.1, 0.15) is 81.8 Å². The van der Waals surface area contributed by atoms with E-state index < -0.39 is 23.8 Å². The van der Waals surface area contributed by atoms with Crippen LogP contribution in [0, 0.1) is 11.8 Å². The van der Waals surface area contributed by atoms with Gasteiger partial charge in [0.1, 0.15) is 11.7 Å². The van der Waals surface area contributed by atoms with Crippen molar-refractivity contribution in [1.82, 2.24) is 25.8 Å². The molecule has 48 heavy (non-hydrogen) atoms. The monoisotopic (exact) mass is 654 g/mol. The zero-order chi connectivity index (χ0) is 34.3. The normalized spacial score (nSPS) is 21.0. The SMILES string of the molecule is CC(C)(C)NC(=O)[C@@H]1C[C@@H]2CCCC[C@@H]2CN1CC[C@H](Cc1ccccc1)NC(=O)[C@H](CC(N)=O)NC(=O)c1ccc2ccccc2n1. The summed E-state index contributed by atoms with van der Waals surface area (Å²) in [5.74, 6) is -0.577. The van der Waals surface area contributed by atoms with Crippen molar-refractivity contribution in [2.24, 2.45) is 17.6 Å². The molecule has 256 valence electrons. The maximum absolute atomic E-state index is 13.8. The van der Waals surface area contributed by atoms with Gasteiger partial charge in [-0.1, -0.05) is 73.9 Å². The zero-order valence-corrected chi connectivity index (χ0v) is 28.4. The lowest BCUT2D eigenvalue weighted by atomic mass is 9.72. The molecule has 0 bridgehead atoms. The van der Waals surface area contributed by atoms with E-state index in [0.717, 1.165) is 23.9 Å². The maximum Gasteiger partial charge on any atom is 0.270 e. The average Bonchev–Trinajstić information content (AvgIpc) is 3.05. The number of rotatable bonds is 12. The number of benzene rings is 2. The number of hydrogen-bond donors (Lipinski definition) is 4. The molecule has 2 heterocycles. The van der Waals surface area contributed by atoms with Crippen molar-refractivity contribution >= 4 is 34.5 Å². The van der Waals surface area contributed by atoms with Crippen LogP contribution in [0.3, 0.4) is 0 Å². The first-order valence-electron chi connectivity index (χ1n) is 17.3. The van der Waals surface area contributed by atoms with Crippen molar-refractivity contribution in [3.05, 3.63) is 78.0 Å². The molecule has 2 aliphatic rings. The number of likely N-dealkylation sites (tertiary alicyclic amines) is 1. The van der Waals surface area contributed by atoms with Gasteiger partial charge in [0, 0.05) is 30.1 Å². The van der Waals surface area contributed by atoms with Gasteiger partial charge in [-0.15, -0.1) is 0 Å². The van der Waals surface area contributed by atoms with Gasteiger partial charge in [0.05, 0.1) is 18.0 Å². The molecular formula is C38H50N6O4. The number of nitrogens with two attached hydrogens (primary N) is 1. The van der Waals surface area contributed by atoms with Crippen molar-refractivity contribution in [2.45, 2.75) is 95.8 Å². The number of carbonyl (C=O) groups is 4. The summed E-state index contributed by atoms with van der Waals surface area (Å²) in [7, 11) is 0. The second kappa shape index (κ2) is 15.7. The molecule has 0 unspecified atom stereocenters. The zero-order valence-electron chi connectivity index (χ0n) is 28.4. The Labute approximate surface area is 283 Å². The Bertz CT molecular complexity index is 1590. The largest absolute Gasteiger partial charge is 0.370 e. The summed E-state index contributed by atoms with van der Waals surface area (Å²) >= 11 is 0. The number of fused-ring (bicyclic) bond motifs is 2. The number of nitrogens with one attached hydrogen (secondary N) is 3. The van der Waals surface area contributed by atoms with E-state index >= 15 is 0 Å². The summed E-state index contributed by atoms with van der Waals surface area (Å²) in [5, 5.41) is 9.92. The van der Waals surface area contributed by atoms with Gasteiger partial charge in [0.25, 0.3) is 5.91 Å². The summed E-state index contributed by atoms with van der Waals surface area (Å²) in [4.78, 5) is 59.4. The summed E-state index contributed by atoms with van der Waals surface area (Å²) in [6.45, 7) is 7.49. The fourth-order valence-corrected chi connectivity index (χ4v) is 7.25. The highest BCUT2D eigenvalue weighted by molar-refractivity contribution is 5.99. The summed E-state index contributed by atoms with van der Waals surface area (Å²) < 4.78 is 0. The van der Waals surface area contributed by atoms with E-state index in [-0.39, 0.29) is 35.6 Å². The Morgan fingerprint density at radius 1 is 0.917 bits per heavy atom. The van der Waals surface area contributed by atoms with Gasteiger partial charge in [-0.05, 0) is 76.0 Å². The van der Waals surface area contributed by atoms with E-state index in [1.54, 1.807) is 12.1 Å². The van der Waals surface area contributed by atoms with Crippen LogP contribution in [-0.4, -0.2) is 70.3 Å². The fraction of sp³-hybridized carbons (Fsp3) is 0.500. The first kappa shape index (κ1) is 35.0. The molecule has 2 fully saturated rings. The number of primary amides is 1. The molecule has 1 saturated heterocycles. The number of pyridine rings is 1. The standard InChI is InChI=1S/C38H50N6O4/c1-38(2,3)43-37(48)33-22-27-14-7-8-15-28(27)24-44(33)20-19-29(21-25-11-5-4-6-12-25)40-36(47)32(23-34(39)45)42-35(46)31-18-17-26-13-9-10-16-30(26)41-31/h4-6,9-13,16-18,27-29,32-33H,7-8,14-15,19-24H2,1-3H3,(H2,39,45)(H,40,47)(H,42,46)(H,43,48)/t27-,28+,29+,32-,33-/m0/s1. The Morgan fingerprint density at radius 3 is 2.35 bits per heavy atom. The molecule has 5 atom stereocenters. The molecule has 0 radical (unpaired) electrons. The van der Waals surface area contributed by atoms with E-state index in [9.17, 15) is 19.2 Å². The minimum atomic E-state index is -1.18. The van der Waals surface area contributed by atoms with Crippen LogP contribution in [-0.2, 0) is 20.8 Å². The van der Waals surface area contributed by atoms with Crippen molar-refractivity contribution in [3.63, 3.8) is 0 Å². The average molecular weight is 655 g/mol. The number of nitrogens with zero attached hydrogens (tertiary/aromatic N) is 2. The smallest absolute Gasteiger partial charge is 0.270 e. The van der Waals surface area contributed by atoms with Gasteiger partial charge < -0.3 is 21.7 Å². The summed E-state index contributed by atoms with van der Waals surface area (Å²) in [6.07, 6.45) is 6.43. The molecule has 10 nitrogen and oxygen atoms in total. The van der Waals surface area contributed by atoms with Gasteiger partial charge >= 0.3 is 0 Å². The van der Waals surface area contributed by atoms with Crippen LogP contribution in [0.4, 0.5) is 0 Å². The number of hydrogen-bond acceptors (Lipinski definition) is 6. The van der Waals surface area contributed by atoms with E-state index in [2.05, 4.69) is 25.8 Å². The Kier molecular flexibility index (Phi) is 11.5. The van der Waals surface area contributed by atoms with Crippen molar-refractivity contribution < 1.29 is 19.2 Å². The molecule has 5 rings (SSSR count). The third-order valence-electron chi connectivity index (χ3n) is 9.60. The van der Waals surface area contributed by atoms with Gasteiger partial charge in [-0.3, -0.25) is 24.1 Å². The Hall–Kier alpha value is -4.31. The lowest BCUT2D eigenvalue weighted by Crippen LogP contribution is -2.58. The molecule has 2 aromatic carbocycles. The lowest BCUT2D eigenvalue weighted by Gasteiger charge is -2.46. The van der Waals surface area contributed by atoms with E-state index in [4.69, 9.17) is 5.73 Å². The second-order valence-electron chi connectivity index (χ2n) is 14.6. The van der Waals surface area contributed by atoms with E-state index in [1.807, 2.05) is 75.4 Å². The first-order chi connectivity index (χ1) is 22.9. The Balaban J connectivity index is 1.32. The highest BCUT2D eigenvalue weighted by atomic mass is 16.2.